The molecule has 1 amide bonds. The molecule has 0 atom stereocenters. The van der Waals surface area contributed by atoms with E-state index < -0.39 is 0 Å². The lowest BCUT2D eigenvalue weighted by atomic mass is 9.86. The van der Waals surface area contributed by atoms with Gasteiger partial charge in [0.15, 0.2) is 0 Å². The number of carbonyl (C=O) groups excluding carboxylic acids is 1. The van der Waals surface area contributed by atoms with Crippen molar-refractivity contribution in [2.24, 2.45) is 7.05 Å². The van der Waals surface area contributed by atoms with E-state index in [0.717, 1.165) is 42.7 Å². The number of hydrogen-bond donors (Lipinski definition) is 2. The lowest BCUT2D eigenvalue weighted by Gasteiger charge is -2.29. The summed E-state index contributed by atoms with van der Waals surface area (Å²) < 4.78 is 2.07. The van der Waals surface area contributed by atoms with Crippen LogP contribution in [0.5, 0.6) is 0 Å². The van der Waals surface area contributed by atoms with Gasteiger partial charge in [0.05, 0.1) is 11.1 Å². The summed E-state index contributed by atoms with van der Waals surface area (Å²) in [6, 6.07) is 6.34. The van der Waals surface area contributed by atoms with Crippen molar-refractivity contribution in [2.45, 2.75) is 58.9 Å². The summed E-state index contributed by atoms with van der Waals surface area (Å²) in [6.07, 6.45) is 4.36. The average molecular weight is 449 g/mol. The molecule has 1 aromatic carbocycles. The van der Waals surface area contributed by atoms with Crippen LogP contribution in [0.3, 0.4) is 0 Å². The predicted octanol–water partition coefficient (Wildman–Crippen LogP) is 4.35. The van der Waals surface area contributed by atoms with E-state index >= 15 is 0 Å². The number of aromatic nitrogens is 2. The van der Waals surface area contributed by atoms with E-state index in [1.54, 1.807) is 0 Å². The van der Waals surface area contributed by atoms with Gasteiger partial charge in [-0.15, -0.1) is 0 Å². The maximum absolute atomic E-state index is 13.5. The molecule has 0 radical (unpaired) electrons. The molecule has 0 bridgehead atoms. The van der Waals surface area contributed by atoms with Crippen LogP contribution in [-0.2, 0) is 13.6 Å². The Labute approximate surface area is 196 Å². The number of aromatic amines is 1. The third-order valence-corrected chi connectivity index (χ3v) is 7.10. The Morgan fingerprint density at radius 2 is 1.85 bits per heavy atom. The number of rotatable bonds is 5. The van der Waals surface area contributed by atoms with Crippen LogP contribution in [0.2, 0.25) is 0 Å². The molecular formula is C27H36N4O2. The van der Waals surface area contributed by atoms with E-state index in [9.17, 15) is 9.59 Å². The molecule has 0 unspecified atom stereocenters. The Bertz CT molecular complexity index is 1240. The molecule has 33 heavy (non-hydrogen) atoms. The molecular weight excluding hydrogens is 412 g/mol. The molecule has 1 aliphatic heterocycles. The lowest BCUT2D eigenvalue weighted by molar-refractivity contribution is 0.0952. The number of likely N-dealkylation sites (tertiary alicyclic amines) is 1. The van der Waals surface area contributed by atoms with Gasteiger partial charge in [0.25, 0.3) is 11.5 Å². The van der Waals surface area contributed by atoms with Gasteiger partial charge in [-0.2, -0.15) is 0 Å². The molecule has 1 fully saturated rings. The molecule has 1 aliphatic rings. The van der Waals surface area contributed by atoms with Crippen LogP contribution in [0.4, 0.5) is 0 Å². The third kappa shape index (κ3) is 4.62. The first-order chi connectivity index (χ1) is 15.7. The molecule has 3 heterocycles. The molecule has 6 nitrogen and oxygen atoms in total. The number of nitrogens with zero attached hydrogens (tertiary/aromatic N) is 2. The number of carbonyl (C=O) groups is 1. The minimum atomic E-state index is -0.140. The van der Waals surface area contributed by atoms with Gasteiger partial charge >= 0.3 is 0 Å². The van der Waals surface area contributed by atoms with Crippen LogP contribution in [0.1, 0.15) is 76.8 Å². The topological polar surface area (TPSA) is 70.1 Å². The monoisotopic (exact) mass is 448 g/mol. The Kier molecular flexibility index (Phi) is 6.48. The summed E-state index contributed by atoms with van der Waals surface area (Å²) in [7, 11) is 4.18. The van der Waals surface area contributed by atoms with Crippen molar-refractivity contribution >= 4 is 16.8 Å². The Balaban J connectivity index is 1.73. The Hall–Kier alpha value is -2.86. The van der Waals surface area contributed by atoms with Crippen LogP contribution in [0.25, 0.3) is 10.9 Å². The fourth-order valence-corrected chi connectivity index (χ4v) is 5.18. The molecule has 176 valence electrons. The molecule has 1 saturated heterocycles. The Morgan fingerprint density at radius 1 is 1.15 bits per heavy atom. The maximum Gasteiger partial charge on any atom is 0.253 e. The second kappa shape index (κ2) is 9.18. The van der Waals surface area contributed by atoms with E-state index in [1.165, 1.54) is 16.5 Å². The third-order valence-electron chi connectivity index (χ3n) is 7.10. The van der Waals surface area contributed by atoms with Crippen molar-refractivity contribution < 1.29 is 4.79 Å². The van der Waals surface area contributed by atoms with Crippen molar-refractivity contribution in [3.63, 3.8) is 0 Å². The van der Waals surface area contributed by atoms with Crippen LogP contribution in [-0.4, -0.2) is 40.5 Å². The number of nitrogens with one attached hydrogen (secondary N) is 2. The molecule has 6 heteroatoms. The van der Waals surface area contributed by atoms with Crippen molar-refractivity contribution in [1.29, 1.82) is 0 Å². The highest BCUT2D eigenvalue weighted by molar-refractivity contribution is 6.07. The van der Waals surface area contributed by atoms with Crippen LogP contribution >= 0.6 is 0 Å². The number of benzene rings is 1. The molecule has 0 aliphatic carbocycles. The van der Waals surface area contributed by atoms with Gasteiger partial charge in [0.2, 0.25) is 0 Å². The summed E-state index contributed by atoms with van der Waals surface area (Å²) in [6.45, 7) is 10.5. The van der Waals surface area contributed by atoms with Crippen molar-refractivity contribution in [2.75, 3.05) is 20.1 Å². The smallest absolute Gasteiger partial charge is 0.253 e. The summed E-state index contributed by atoms with van der Waals surface area (Å²) >= 11 is 0. The zero-order chi connectivity index (χ0) is 23.9. The van der Waals surface area contributed by atoms with Crippen molar-refractivity contribution in [1.82, 2.24) is 19.8 Å². The lowest BCUT2D eigenvalue weighted by Crippen LogP contribution is -2.30. The van der Waals surface area contributed by atoms with E-state index in [0.29, 0.717) is 23.0 Å². The Morgan fingerprint density at radius 3 is 2.48 bits per heavy atom. The summed E-state index contributed by atoms with van der Waals surface area (Å²) in [5, 5.41) is 4.20. The first-order valence-corrected chi connectivity index (χ1v) is 11.9. The van der Waals surface area contributed by atoms with E-state index in [-0.39, 0.29) is 18.0 Å². The fourth-order valence-electron chi connectivity index (χ4n) is 5.18. The highest BCUT2D eigenvalue weighted by Gasteiger charge is 2.24. The van der Waals surface area contributed by atoms with Gasteiger partial charge in [-0.25, -0.2) is 0 Å². The summed E-state index contributed by atoms with van der Waals surface area (Å²) in [5.41, 5.74) is 6.35. The van der Waals surface area contributed by atoms with E-state index in [4.69, 9.17) is 0 Å². The molecule has 2 N–H and O–H groups in total. The second-order valence-electron chi connectivity index (χ2n) is 10.0. The average Bonchev–Trinajstić information content (AvgIpc) is 3.09. The van der Waals surface area contributed by atoms with Crippen molar-refractivity contribution in [3.8, 4) is 0 Å². The number of H-pyrrole nitrogens is 1. The summed E-state index contributed by atoms with van der Waals surface area (Å²) in [5.74, 6) is 0.691. The molecule has 0 spiro atoms. The largest absolute Gasteiger partial charge is 0.350 e. The van der Waals surface area contributed by atoms with Gasteiger partial charge < -0.3 is 19.8 Å². The summed E-state index contributed by atoms with van der Waals surface area (Å²) in [4.78, 5) is 31.1. The SMILES string of the molecule is Cc1cc(C)c(CNC(=O)c2cc(C3CCN(C)CC3)cc3c(C(C)C)cn(C)c23)c(=O)[nH]1. The van der Waals surface area contributed by atoms with Gasteiger partial charge in [-0.3, -0.25) is 9.59 Å². The number of piperidine rings is 1. The normalized spacial score (nSPS) is 15.5. The van der Waals surface area contributed by atoms with Crippen LogP contribution in [0.15, 0.2) is 29.2 Å². The predicted molar refractivity (Wildman–Crippen MR) is 134 cm³/mol. The van der Waals surface area contributed by atoms with Gasteiger partial charge in [-0.1, -0.05) is 13.8 Å². The van der Waals surface area contributed by atoms with Crippen molar-refractivity contribution in [3.05, 3.63) is 68.3 Å². The minimum Gasteiger partial charge on any atom is -0.350 e. The zero-order valence-corrected chi connectivity index (χ0v) is 20.7. The van der Waals surface area contributed by atoms with E-state index in [1.807, 2.05) is 27.0 Å². The highest BCUT2D eigenvalue weighted by atomic mass is 16.1. The van der Waals surface area contributed by atoms with Gasteiger partial charge in [-0.05, 0) is 93.6 Å². The first-order valence-electron chi connectivity index (χ1n) is 11.9. The standard InChI is InChI=1S/C27H36N4O2/c1-16(2)24-15-31(6)25-21(24)12-20(19-7-9-30(5)10-8-19)13-22(25)26(32)28-14-23-17(3)11-18(4)29-27(23)33/h11-13,15-16,19H,7-10,14H2,1-6H3,(H,28,32)(H,29,33). The number of hydrogen-bond acceptors (Lipinski definition) is 3. The second-order valence-corrected chi connectivity index (χ2v) is 10.0. The molecule has 4 rings (SSSR count). The zero-order valence-electron chi connectivity index (χ0n) is 20.7. The number of fused-ring (bicyclic) bond motifs is 1. The molecule has 2 aromatic heterocycles. The highest BCUT2D eigenvalue weighted by Crippen LogP contribution is 2.35. The first kappa shape index (κ1) is 23.3. The number of aryl methyl sites for hydroxylation is 3. The van der Waals surface area contributed by atoms with Crippen LogP contribution < -0.4 is 10.9 Å². The van der Waals surface area contributed by atoms with Gasteiger partial charge in [0, 0.05) is 36.4 Å². The van der Waals surface area contributed by atoms with Gasteiger partial charge in [0.1, 0.15) is 0 Å². The number of pyridine rings is 1. The van der Waals surface area contributed by atoms with E-state index in [2.05, 4.69) is 59.0 Å². The molecule has 0 saturated carbocycles. The maximum atomic E-state index is 13.5. The number of amides is 1. The molecule has 3 aromatic rings. The minimum absolute atomic E-state index is 0.134. The quantitative estimate of drug-likeness (QED) is 0.610. The van der Waals surface area contributed by atoms with Crippen LogP contribution in [0, 0.1) is 13.8 Å². The fraction of sp³-hybridized carbons (Fsp3) is 0.481.